The number of rotatable bonds is 10. The Labute approximate surface area is 163 Å². The summed E-state index contributed by atoms with van der Waals surface area (Å²) in [5, 5.41) is 6.47. The zero-order valence-electron chi connectivity index (χ0n) is 16.8. The quantitative estimate of drug-likeness (QED) is 0.375. The molecule has 0 atom stereocenters. The molecule has 1 aromatic rings. The number of aliphatic imine (C=N–C) groups is 1. The zero-order chi connectivity index (χ0) is 19.3. The van der Waals surface area contributed by atoms with Crippen molar-refractivity contribution in [3.8, 4) is 0 Å². The summed E-state index contributed by atoms with van der Waals surface area (Å²) in [4.78, 5) is 18.9. The predicted octanol–water partition coefficient (Wildman–Crippen LogP) is 2.33. The van der Waals surface area contributed by atoms with Crippen LogP contribution in [0.2, 0.25) is 0 Å². The first kappa shape index (κ1) is 21.2. The third-order valence-electron chi connectivity index (χ3n) is 4.60. The molecule has 0 fully saturated rings. The molecule has 1 aliphatic heterocycles. The van der Waals surface area contributed by atoms with E-state index >= 15 is 0 Å². The lowest BCUT2D eigenvalue weighted by Gasteiger charge is -2.28. The van der Waals surface area contributed by atoms with Crippen LogP contribution in [0.3, 0.4) is 0 Å². The molecule has 27 heavy (non-hydrogen) atoms. The van der Waals surface area contributed by atoms with Gasteiger partial charge in [-0.1, -0.05) is 37.6 Å². The van der Waals surface area contributed by atoms with Gasteiger partial charge in [0.05, 0.1) is 0 Å². The second-order valence-corrected chi connectivity index (χ2v) is 6.78. The molecule has 0 aliphatic carbocycles. The first-order valence-corrected chi connectivity index (χ1v) is 10.2. The summed E-state index contributed by atoms with van der Waals surface area (Å²) in [5.41, 5.74) is 2.59. The fourth-order valence-electron chi connectivity index (χ4n) is 3.03. The van der Waals surface area contributed by atoms with Crippen molar-refractivity contribution in [3.63, 3.8) is 0 Å². The zero-order valence-corrected chi connectivity index (χ0v) is 16.8. The summed E-state index contributed by atoms with van der Waals surface area (Å²) < 4.78 is 5.56. The smallest absolute Gasteiger partial charge is 0.244 e. The molecule has 1 aromatic carbocycles. The summed E-state index contributed by atoms with van der Waals surface area (Å²) in [5.74, 6) is 0.765. The molecule has 0 saturated heterocycles. The number of carbonyl (C=O) groups excluding carboxylic acids is 1. The Morgan fingerprint density at radius 3 is 2.70 bits per heavy atom. The molecule has 0 saturated carbocycles. The lowest BCUT2D eigenvalue weighted by Crippen LogP contribution is -2.41. The van der Waals surface area contributed by atoms with Crippen molar-refractivity contribution in [2.45, 2.75) is 46.1 Å². The Kier molecular flexibility index (Phi) is 9.69. The highest BCUT2D eigenvalue weighted by molar-refractivity contribution is 5.85. The molecule has 6 nitrogen and oxygen atoms in total. The molecule has 2 N–H and O–H groups in total. The van der Waals surface area contributed by atoms with Crippen LogP contribution in [-0.4, -0.2) is 56.2 Å². The highest BCUT2D eigenvalue weighted by atomic mass is 16.5. The van der Waals surface area contributed by atoms with Crippen molar-refractivity contribution in [2.75, 3.05) is 39.4 Å². The van der Waals surface area contributed by atoms with Gasteiger partial charge in [0.1, 0.15) is 6.54 Å². The number of benzene rings is 1. The van der Waals surface area contributed by atoms with Gasteiger partial charge < -0.3 is 20.3 Å². The molecule has 1 heterocycles. The van der Waals surface area contributed by atoms with Crippen LogP contribution >= 0.6 is 0 Å². The van der Waals surface area contributed by atoms with Crippen molar-refractivity contribution >= 4 is 11.9 Å². The van der Waals surface area contributed by atoms with E-state index in [1.807, 2.05) is 17.9 Å². The van der Waals surface area contributed by atoms with E-state index in [0.717, 1.165) is 58.5 Å². The minimum Gasteiger partial charge on any atom is -0.381 e. The number of unbranched alkanes of at least 4 members (excludes halogenated alkanes) is 1. The fourth-order valence-corrected chi connectivity index (χ4v) is 3.03. The van der Waals surface area contributed by atoms with Crippen LogP contribution < -0.4 is 10.6 Å². The molecule has 0 bridgehead atoms. The van der Waals surface area contributed by atoms with Gasteiger partial charge in [-0.25, -0.2) is 4.99 Å². The maximum Gasteiger partial charge on any atom is 0.244 e. The highest BCUT2D eigenvalue weighted by Gasteiger charge is 2.19. The Morgan fingerprint density at radius 2 is 1.93 bits per heavy atom. The van der Waals surface area contributed by atoms with Crippen LogP contribution in [0, 0.1) is 0 Å². The normalized spacial score (nSPS) is 14.0. The van der Waals surface area contributed by atoms with Crippen LogP contribution in [0.25, 0.3) is 0 Å². The standard InChI is InChI=1S/C21H34N4O2/c1-3-5-14-27-15-8-12-23-21(22-4-2)24-16-20(26)25-13-11-18-9-6-7-10-19(18)17-25/h6-7,9-10H,3-5,8,11-17H2,1-2H3,(H2,22,23,24). The van der Waals surface area contributed by atoms with E-state index in [4.69, 9.17) is 4.74 Å². The molecule has 1 amide bonds. The number of hydrogen-bond donors (Lipinski definition) is 2. The van der Waals surface area contributed by atoms with Crippen LogP contribution in [0.4, 0.5) is 0 Å². The average Bonchev–Trinajstić information content (AvgIpc) is 2.70. The summed E-state index contributed by atoms with van der Waals surface area (Å²) in [6.07, 6.45) is 4.11. The molecule has 150 valence electrons. The van der Waals surface area contributed by atoms with Crippen LogP contribution in [0.5, 0.6) is 0 Å². The number of nitrogens with one attached hydrogen (secondary N) is 2. The van der Waals surface area contributed by atoms with E-state index in [2.05, 4.69) is 40.7 Å². The van der Waals surface area contributed by atoms with E-state index in [1.54, 1.807) is 0 Å². The van der Waals surface area contributed by atoms with Gasteiger partial charge in [0.2, 0.25) is 5.91 Å². The molecule has 0 radical (unpaired) electrons. The number of amides is 1. The van der Waals surface area contributed by atoms with Crippen molar-refractivity contribution in [1.82, 2.24) is 15.5 Å². The minimum absolute atomic E-state index is 0.0737. The number of carbonyl (C=O) groups is 1. The second kappa shape index (κ2) is 12.3. The molecular weight excluding hydrogens is 340 g/mol. The third-order valence-corrected chi connectivity index (χ3v) is 4.60. The first-order chi connectivity index (χ1) is 13.2. The Bertz CT molecular complexity index is 604. The van der Waals surface area contributed by atoms with E-state index in [9.17, 15) is 4.79 Å². The van der Waals surface area contributed by atoms with Crippen LogP contribution in [0.15, 0.2) is 29.3 Å². The topological polar surface area (TPSA) is 66.0 Å². The van der Waals surface area contributed by atoms with Crippen molar-refractivity contribution in [1.29, 1.82) is 0 Å². The van der Waals surface area contributed by atoms with Crippen molar-refractivity contribution < 1.29 is 9.53 Å². The minimum atomic E-state index is 0.0737. The number of guanidine groups is 1. The molecule has 0 aromatic heterocycles. The monoisotopic (exact) mass is 374 g/mol. The van der Waals surface area contributed by atoms with Gasteiger partial charge in [-0.2, -0.15) is 0 Å². The lowest BCUT2D eigenvalue weighted by atomic mass is 10.00. The Hall–Kier alpha value is -2.08. The molecule has 2 rings (SSSR count). The maximum absolute atomic E-state index is 12.5. The van der Waals surface area contributed by atoms with Gasteiger partial charge >= 0.3 is 0 Å². The van der Waals surface area contributed by atoms with Crippen molar-refractivity contribution in [2.24, 2.45) is 4.99 Å². The average molecular weight is 375 g/mol. The summed E-state index contributed by atoms with van der Waals surface area (Å²) in [6.45, 7) is 8.94. The second-order valence-electron chi connectivity index (χ2n) is 6.78. The van der Waals surface area contributed by atoms with E-state index in [-0.39, 0.29) is 12.5 Å². The lowest BCUT2D eigenvalue weighted by molar-refractivity contribution is -0.130. The highest BCUT2D eigenvalue weighted by Crippen LogP contribution is 2.18. The largest absolute Gasteiger partial charge is 0.381 e. The van der Waals surface area contributed by atoms with Gasteiger partial charge in [0.15, 0.2) is 5.96 Å². The first-order valence-electron chi connectivity index (χ1n) is 10.2. The number of nitrogens with zero attached hydrogens (tertiary/aromatic N) is 2. The Balaban J connectivity index is 1.74. The van der Waals surface area contributed by atoms with E-state index < -0.39 is 0 Å². The van der Waals surface area contributed by atoms with Gasteiger partial charge in [-0.3, -0.25) is 4.79 Å². The molecule has 0 spiro atoms. The number of ether oxygens (including phenoxy) is 1. The third kappa shape index (κ3) is 7.59. The van der Waals surface area contributed by atoms with E-state index in [1.165, 1.54) is 11.1 Å². The fraction of sp³-hybridized carbons (Fsp3) is 0.619. The Morgan fingerprint density at radius 1 is 1.15 bits per heavy atom. The molecule has 0 unspecified atom stereocenters. The van der Waals surface area contributed by atoms with Gasteiger partial charge in [-0.05, 0) is 37.3 Å². The summed E-state index contributed by atoms with van der Waals surface area (Å²) >= 11 is 0. The molecule has 6 heteroatoms. The molecular formula is C21H34N4O2. The van der Waals surface area contributed by atoms with Crippen molar-refractivity contribution in [3.05, 3.63) is 35.4 Å². The van der Waals surface area contributed by atoms with Gasteiger partial charge in [-0.15, -0.1) is 0 Å². The SMILES string of the molecule is CCCCOCCCNC(=NCC(=O)N1CCc2ccccc2C1)NCC. The number of hydrogen-bond acceptors (Lipinski definition) is 3. The van der Waals surface area contributed by atoms with Crippen LogP contribution in [-0.2, 0) is 22.5 Å². The molecule has 1 aliphatic rings. The van der Waals surface area contributed by atoms with E-state index in [0.29, 0.717) is 12.5 Å². The predicted molar refractivity (Wildman–Crippen MR) is 110 cm³/mol. The van der Waals surface area contributed by atoms with Crippen LogP contribution in [0.1, 0.15) is 44.2 Å². The van der Waals surface area contributed by atoms with Gasteiger partial charge in [0.25, 0.3) is 0 Å². The number of fused-ring (bicyclic) bond motifs is 1. The summed E-state index contributed by atoms with van der Waals surface area (Å²) in [7, 11) is 0. The summed E-state index contributed by atoms with van der Waals surface area (Å²) in [6, 6.07) is 8.34. The maximum atomic E-state index is 12.5. The van der Waals surface area contributed by atoms with Gasteiger partial charge in [0, 0.05) is 39.4 Å².